The maximum atomic E-state index is 12.5. The van der Waals surface area contributed by atoms with Gasteiger partial charge in [-0.25, -0.2) is 4.79 Å². The van der Waals surface area contributed by atoms with Crippen molar-refractivity contribution in [2.75, 3.05) is 44.2 Å². The number of hydrogen-bond donors (Lipinski definition) is 0. The van der Waals surface area contributed by atoms with Crippen LogP contribution in [0, 0.1) is 0 Å². The summed E-state index contributed by atoms with van der Waals surface area (Å²) >= 11 is 0. The largest absolute Gasteiger partial charge is 0.444 e. The van der Waals surface area contributed by atoms with Crippen molar-refractivity contribution < 1.29 is 9.53 Å². The lowest BCUT2D eigenvalue weighted by molar-refractivity contribution is 0.0278. The molecule has 4 aliphatic heterocycles. The first-order chi connectivity index (χ1) is 15.8. The van der Waals surface area contributed by atoms with Crippen LogP contribution in [-0.4, -0.2) is 83.8 Å². The number of amides is 1. The van der Waals surface area contributed by atoms with Gasteiger partial charge in [-0.05, 0) is 89.6 Å². The molecule has 33 heavy (non-hydrogen) atoms. The summed E-state index contributed by atoms with van der Waals surface area (Å²) < 4.78 is 5.58. The molecule has 0 radical (unpaired) electrons. The van der Waals surface area contributed by atoms with Gasteiger partial charge in [-0.1, -0.05) is 6.07 Å². The van der Waals surface area contributed by atoms with Crippen molar-refractivity contribution in [3.8, 4) is 0 Å². The lowest BCUT2D eigenvalue weighted by Gasteiger charge is -2.34. The molecule has 0 saturated carbocycles. The first-order valence-corrected chi connectivity index (χ1v) is 13.1. The lowest BCUT2D eigenvalue weighted by Crippen LogP contribution is -2.42. The minimum absolute atomic E-state index is 0.167. The van der Waals surface area contributed by atoms with Gasteiger partial charge < -0.3 is 14.5 Å². The highest BCUT2D eigenvalue weighted by Crippen LogP contribution is 2.32. The Labute approximate surface area is 199 Å². The third-order valence-electron chi connectivity index (χ3n) is 8.17. The molecule has 0 aliphatic carbocycles. The minimum atomic E-state index is -0.432. The maximum absolute atomic E-state index is 12.5. The van der Waals surface area contributed by atoms with Gasteiger partial charge in [0.05, 0.1) is 0 Å². The monoisotopic (exact) mass is 454 g/mol. The van der Waals surface area contributed by atoms with Crippen molar-refractivity contribution in [1.82, 2.24) is 14.7 Å². The van der Waals surface area contributed by atoms with Crippen LogP contribution in [-0.2, 0) is 17.7 Å². The van der Waals surface area contributed by atoms with Gasteiger partial charge in [-0.2, -0.15) is 0 Å². The van der Waals surface area contributed by atoms with Gasteiger partial charge in [-0.3, -0.25) is 9.80 Å². The van der Waals surface area contributed by atoms with Crippen LogP contribution in [0.4, 0.5) is 10.5 Å². The number of carbonyl (C=O) groups is 1. The molecule has 0 aromatic heterocycles. The van der Waals surface area contributed by atoms with Gasteiger partial charge in [0.15, 0.2) is 0 Å². The second-order valence-corrected chi connectivity index (χ2v) is 11.7. The van der Waals surface area contributed by atoms with Crippen LogP contribution in [0.5, 0.6) is 0 Å². The van der Waals surface area contributed by atoms with E-state index < -0.39 is 5.60 Å². The molecule has 0 spiro atoms. The van der Waals surface area contributed by atoms with Crippen LogP contribution >= 0.6 is 0 Å². The number of rotatable bonds is 3. The highest BCUT2D eigenvalue weighted by Gasteiger charge is 2.35. The van der Waals surface area contributed by atoms with Crippen molar-refractivity contribution in [1.29, 1.82) is 0 Å². The normalized spacial score (nSPS) is 29.0. The molecule has 6 heteroatoms. The molecule has 3 saturated heterocycles. The molecule has 1 aromatic carbocycles. The van der Waals surface area contributed by atoms with Gasteiger partial charge in [0.2, 0.25) is 0 Å². The van der Waals surface area contributed by atoms with Crippen LogP contribution in [0.15, 0.2) is 18.2 Å². The Kier molecular flexibility index (Phi) is 6.34. The van der Waals surface area contributed by atoms with E-state index >= 15 is 0 Å². The Morgan fingerprint density at radius 3 is 2.55 bits per heavy atom. The fraction of sp³-hybridized carbons (Fsp3) is 0.741. The zero-order chi connectivity index (χ0) is 23.2. The van der Waals surface area contributed by atoms with Crippen molar-refractivity contribution in [3.63, 3.8) is 0 Å². The second-order valence-electron chi connectivity index (χ2n) is 11.7. The van der Waals surface area contributed by atoms with Crippen molar-refractivity contribution >= 4 is 11.8 Å². The summed E-state index contributed by atoms with van der Waals surface area (Å²) in [6.07, 6.45) is 6.00. The zero-order valence-corrected chi connectivity index (χ0v) is 21.1. The number of nitrogens with zero attached hydrogens (tertiary/aromatic N) is 4. The summed E-state index contributed by atoms with van der Waals surface area (Å²) in [5, 5.41) is 0. The van der Waals surface area contributed by atoms with Crippen LogP contribution in [0.1, 0.15) is 64.5 Å². The molecule has 1 aromatic rings. The molecule has 182 valence electrons. The number of benzene rings is 1. The van der Waals surface area contributed by atoms with Crippen molar-refractivity contribution in [2.45, 2.75) is 90.1 Å². The highest BCUT2D eigenvalue weighted by atomic mass is 16.6. The Hall–Kier alpha value is -1.79. The van der Waals surface area contributed by atoms with Crippen LogP contribution in [0.2, 0.25) is 0 Å². The summed E-state index contributed by atoms with van der Waals surface area (Å²) in [4.78, 5) is 22.3. The van der Waals surface area contributed by atoms with E-state index in [1.54, 1.807) is 0 Å². The molecule has 6 nitrogen and oxygen atoms in total. The summed E-state index contributed by atoms with van der Waals surface area (Å²) in [6, 6.07) is 9.09. The van der Waals surface area contributed by atoms with E-state index in [0.29, 0.717) is 6.04 Å². The predicted octanol–water partition coefficient (Wildman–Crippen LogP) is 4.12. The Morgan fingerprint density at radius 2 is 1.79 bits per heavy atom. The summed E-state index contributed by atoms with van der Waals surface area (Å²) in [5.41, 5.74) is 3.96. The molecular weight excluding hydrogens is 412 g/mol. The Balaban J connectivity index is 1.17. The molecule has 3 atom stereocenters. The standard InChI is InChI=1S/C27H42N4O2/c1-20-6-5-12-31(20)25-11-14-29(19-25)23-8-7-22-17-28(13-9-21(22)16-23)24-10-15-30(18-24)26(32)33-27(2,3)4/h7-8,16,20,24-25H,5-6,9-15,17-19H2,1-4H3. The number of likely N-dealkylation sites (tertiary alicyclic amines) is 2. The average Bonchev–Trinajstić information content (AvgIpc) is 3.52. The third-order valence-corrected chi connectivity index (χ3v) is 8.17. The molecule has 0 bridgehead atoms. The highest BCUT2D eigenvalue weighted by molar-refractivity contribution is 5.68. The van der Waals surface area contributed by atoms with Crippen LogP contribution < -0.4 is 4.90 Å². The first-order valence-electron chi connectivity index (χ1n) is 13.1. The fourth-order valence-electron chi connectivity index (χ4n) is 6.35. The van der Waals surface area contributed by atoms with E-state index in [4.69, 9.17) is 4.74 Å². The molecule has 4 aliphatic rings. The molecule has 1 amide bonds. The van der Waals surface area contributed by atoms with E-state index in [9.17, 15) is 4.79 Å². The number of hydrogen-bond acceptors (Lipinski definition) is 5. The van der Waals surface area contributed by atoms with Crippen molar-refractivity contribution in [3.05, 3.63) is 29.3 Å². The summed E-state index contributed by atoms with van der Waals surface area (Å²) in [6.45, 7) is 15.5. The van der Waals surface area contributed by atoms with E-state index in [-0.39, 0.29) is 6.09 Å². The molecule has 0 N–H and O–H groups in total. The van der Waals surface area contributed by atoms with Gasteiger partial charge in [0, 0.05) is 63.1 Å². The van der Waals surface area contributed by atoms with E-state index in [2.05, 4.69) is 39.8 Å². The quantitative estimate of drug-likeness (QED) is 0.687. The van der Waals surface area contributed by atoms with E-state index in [1.807, 2.05) is 25.7 Å². The van der Waals surface area contributed by atoms with Gasteiger partial charge in [-0.15, -0.1) is 0 Å². The third kappa shape index (κ3) is 5.02. The van der Waals surface area contributed by atoms with Gasteiger partial charge in [0.1, 0.15) is 5.60 Å². The Morgan fingerprint density at radius 1 is 0.970 bits per heavy atom. The fourth-order valence-corrected chi connectivity index (χ4v) is 6.35. The lowest BCUT2D eigenvalue weighted by atomic mass is 9.97. The maximum Gasteiger partial charge on any atom is 0.410 e. The average molecular weight is 455 g/mol. The number of anilines is 1. The first kappa shape index (κ1) is 23.0. The number of ether oxygens (including phenoxy) is 1. The Bertz CT molecular complexity index is 866. The van der Waals surface area contributed by atoms with E-state index in [0.717, 1.165) is 51.1 Å². The van der Waals surface area contributed by atoms with Crippen molar-refractivity contribution in [2.24, 2.45) is 0 Å². The second kappa shape index (κ2) is 9.10. The van der Waals surface area contributed by atoms with Gasteiger partial charge in [0.25, 0.3) is 0 Å². The molecular formula is C27H42N4O2. The van der Waals surface area contributed by atoms with Crippen LogP contribution in [0.3, 0.4) is 0 Å². The molecule has 4 heterocycles. The topological polar surface area (TPSA) is 39.3 Å². The van der Waals surface area contributed by atoms with Gasteiger partial charge >= 0.3 is 6.09 Å². The minimum Gasteiger partial charge on any atom is -0.444 e. The molecule has 5 rings (SSSR count). The van der Waals surface area contributed by atoms with Crippen LogP contribution in [0.25, 0.3) is 0 Å². The summed E-state index contributed by atoms with van der Waals surface area (Å²) in [7, 11) is 0. The number of carbonyl (C=O) groups excluding carboxylic acids is 1. The number of fused-ring (bicyclic) bond motifs is 1. The summed E-state index contributed by atoms with van der Waals surface area (Å²) in [5.74, 6) is 0. The zero-order valence-electron chi connectivity index (χ0n) is 21.1. The van der Waals surface area contributed by atoms with E-state index in [1.165, 1.54) is 55.7 Å². The molecule has 3 unspecified atom stereocenters. The SMILES string of the molecule is CC1CCCN1C1CCN(c2ccc3c(c2)CCN(C2CCN(C(=O)OC(C)(C)C)C2)C3)C1. The molecule has 3 fully saturated rings. The smallest absolute Gasteiger partial charge is 0.410 e. The predicted molar refractivity (Wildman–Crippen MR) is 133 cm³/mol.